The Morgan fingerprint density at radius 3 is 0.835 bits per heavy atom. The minimum absolute atomic E-state index is 0.103. The number of carbonyl (C=O) groups is 4. The van der Waals surface area contributed by atoms with E-state index < -0.39 is 97.5 Å². The van der Waals surface area contributed by atoms with Crippen LogP contribution in [0.25, 0.3) is 0 Å². The second-order valence-corrected chi connectivity index (χ2v) is 28.2. The molecule has 19 heteroatoms. The summed E-state index contributed by atoms with van der Waals surface area (Å²) in [5.74, 6) is 0.818. The number of hydrogen-bond acceptors (Lipinski definition) is 15. The Kier molecular flexibility index (Phi) is 54.8. The van der Waals surface area contributed by atoms with Crippen molar-refractivity contribution in [3.8, 4) is 0 Å². The maximum atomic E-state index is 13.0. The molecule has 4 unspecified atom stereocenters. The molecule has 17 nitrogen and oxygen atoms in total. The lowest BCUT2D eigenvalue weighted by atomic mass is 9.99. The van der Waals surface area contributed by atoms with E-state index in [1.54, 1.807) is 0 Å². The molecule has 0 fully saturated rings. The van der Waals surface area contributed by atoms with Gasteiger partial charge in [-0.1, -0.05) is 267 Å². The molecule has 85 heavy (non-hydrogen) atoms. The van der Waals surface area contributed by atoms with E-state index in [1.165, 1.54) is 109 Å². The third-order valence-electron chi connectivity index (χ3n) is 15.8. The molecular weight excluding hydrogens is 1130 g/mol. The van der Waals surface area contributed by atoms with Crippen LogP contribution in [0.4, 0.5) is 0 Å². The Balaban J connectivity index is 5.26. The van der Waals surface area contributed by atoms with Crippen LogP contribution < -0.4 is 0 Å². The van der Waals surface area contributed by atoms with Gasteiger partial charge in [0.1, 0.15) is 19.3 Å². The zero-order valence-corrected chi connectivity index (χ0v) is 57.0. The van der Waals surface area contributed by atoms with Crippen molar-refractivity contribution in [3.63, 3.8) is 0 Å². The predicted molar refractivity (Wildman–Crippen MR) is 340 cm³/mol. The van der Waals surface area contributed by atoms with Crippen molar-refractivity contribution < 1.29 is 80.2 Å². The number of phosphoric acid groups is 2. The molecule has 3 N–H and O–H groups in total. The minimum atomic E-state index is -4.95. The summed E-state index contributed by atoms with van der Waals surface area (Å²) < 4.78 is 68.1. The van der Waals surface area contributed by atoms with Gasteiger partial charge in [0.25, 0.3) is 0 Å². The van der Waals surface area contributed by atoms with Crippen molar-refractivity contribution in [1.82, 2.24) is 0 Å². The van der Waals surface area contributed by atoms with Crippen molar-refractivity contribution in [1.29, 1.82) is 0 Å². The number of unbranched alkanes of at least 4 members (excludes halogenated alkanes) is 27. The van der Waals surface area contributed by atoms with Crippen LogP contribution in [0.1, 0.15) is 319 Å². The topological polar surface area (TPSA) is 237 Å². The standard InChI is InChI=1S/C66H128O17P2/c1-9-58(7)44-36-28-19-13-11-12-14-21-32-40-48-65(70)82-62(53-77-64(69)47-39-31-25-24-27-35-43-57(5)6)55-81-85(74,75)79-51-60(67)50-78-84(72,73)80-54-61(52-76-63(68)46-38-30-23-17-18-26-34-42-56(3)4)83-66(71)49-41-33-22-16-15-20-29-37-45-59(8)10-2/h56-62,67H,9-55H2,1-8H3,(H,72,73)(H,74,75)/t58?,59?,60-,61-,62-/m1/s1. The molecule has 0 amide bonds. The smallest absolute Gasteiger partial charge is 0.462 e. The second kappa shape index (κ2) is 56.1. The Bertz CT molecular complexity index is 1700. The highest BCUT2D eigenvalue weighted by atomic mass is 31.2. The molecule has 0 aromatic rings. The molecule has 0 aromatic carbocycles. The van der Waals surface area contributed by atoms with Gasteiger partial charge in [-0.2, -0.15) is 0 Å². The molecule has 0 heterocycles. The fourth-order valence-corrected chi connectivity index (χ4v) is 11.3. The van der Waals surface area contributed by atoms with Crippen LogP contribution in [-0.4, -0.2) is 96.7 Å². The molecule has 0 aliphatic heterocycles. The second-order valence-electron chi connectivity index (χ2n) is 25.3. The van der Waals surface area contributed by atoms with E-state index in [9.17, 15) is 43.2 Å². The van der Waals surface area contributed by atoms with Gasteiger partial charge in [-0.3, -0.25) is 37.3 Å². The largest absolute Gasteiger partial charge is 0.472 e. The first-order valence-electron chi connectivity index (χ1n) is 34.3. The number of aliphatic hydroxyl groups is 1. The van der Waals surface area contributed by atoms with Crippen molar-refractivity contribution in [2.75, 3.05) is 39.6 Å². The van der Waals surface area contributed by atoms with E-state index >= 15 is 0 Å². The quantitative estimate of drug-likeness (QED) is 0.0222. The highest BCUT2D eigenvalue weighted by Crippen LogP contribution is 2.45. The molecule has 0 aliphatic rings. The lowest BCUT2D eigenvalue weighted by Crippen LogP contribution is -2.30. The summed E-state index contributed by atoms with van der Waals surface area (Å²) >= 11 is 0. The first-order valence-corrected chi connectivity index (χ1v) is 37.3. The first-order chi connectivity index (χ1) is 40.7. The lowest BCUT2D eigenvalue weighted by Gasteiger charge is -2.21. The summed E-state index contributed by atoms with van der Waals surface area (Å²) in [6.07, 6.45) is 36.3. The van der Waals surface area contributed by atoms with Gasteiger partial charge in [-0.25, -0.2) is 9.13 Å². The van der Waals surface area contributed by atoms with E-state index in [0.717, 1.165) is 115 Å². The summed E-state index contributed by atoms with van der Waals surface area (Å²) in [5.41, 5.74) is 0. The van der Waals surface area contributed by atoms with Gasteiger partial charge in [0, 0.05) is 25.7 Å². The number of rotatable bonds is 63. The Labute approximate surface area is 517 Å². The SMILES string of the molecule is CCC(C)CCCCCCCCCCCCC(=O)O[C@H](COC(=O)CCCCCCCCC(C)C)COP(=O)(O)OC[C@H](O)COP(=O)(O)OC[C@@H](COC(=O)CCCCCCCCCC(C)C)OC(=O)CCCCCCCCCCC(C)CC. The van der Waals surface area contributed by atoms with Crippen LogP contribution in [0.2, 0.25) is 0 Å². The van der Waals surface area contributed by atoms with Crippen LogP contribution >= 0.6 is 15.6 Å². The molecule has 0 saturated carbocycles. The van der Waals surface area contributed by atoms with Crippen LogP contribution in [0.3, 0.4) is 0 Å². The third kappa shape index (κ3) is 58.2. The number of aliphatic hydroxyl groups excluding tert-OH is 1. The van der Waals surface area contributed by atoms with Crippen LogP contribution in [0.5, 0.6) is 0 Å². The average molecular weight is 1260 g/mol. The molecule has 504 valence electrons. The monoisotopic (exact) mass is 1250 g/mol. The van der Waals surface area contributed by atoms with Gasteiger partial charge in [-0.05, 0) is 49.4 Å². The van der Waals surface area contributed by atoms with E-state index in [2.05, 4.69) is 55.4 Å². The van der Waals surface area contributed by atoms with Crippen molar-refractivity contribution in [3.05, 3.63) is 0 Å². The number of phosphoric ester groups is 2. The summed E-state index contributed by atoms with van der Waals surface area (Å²) in [6, 6.07) is 0. The van der Waals surface area contributed by atoms with Gasteiger partial charge < -0.3 is 33.8 Å². The van der Waals surface area contributed by atoms with E-state index in [0.29, 0.717) is 37.5 Å². The molecule has 0 saturated heterocycles. The lowest BCUT2D eigenvalue weighted by molar-refractivity contribution is -0.161. The third-order valence-corrected chi connectivity index (χ3v) is 17.7. The van der Waals surface area contributed by atoms with Gasteiger partial charge in [-0.15, -0.1) is 0 Å². The zero-order chi connectivity index (χ0) is 63.2. The highest BCUT2D eigenvalue weighted by Gasteiger charge is 2.30. The van der Waals surface area contributed by atoms with Crippen molar-refractivity contribution in [2.24, 2.45) is 23.7 Å². The van der Waals surface area contributed by atoms with Gasteiger partial charge in [0.15, 0.2) is 12.2 Å². The average Bonchev–Trinajstić information content (AvgIpc) is 3.55. The van der Waals surface area contributed by atoms with Gasteiger partial charge in [0.2, 0.25) is 0 Å². The van der Waals surface area contributed by atoms with E-state index in [-0.39, 0.29) is 25.7 Å². The fourth-order valence-electron chi connectivity index (χ4n) is 9.72. The Hall–Kier alpha value is -1.94. The van der Waals surface area contributed by atoms with Crippen LogP contribution in [-0.2, 0) is 65.4 Å². The molecule has 0 rings (SSSR count). The highest BCUT2D eigenvalue weighted by molar-refractivity contribution is 7.47. The molecule has 0 bridgehead atoms. The molecule has 0 aromatic heterocycles. The number of hydrogen-bond donors (Lipinski definition) is 3. The van der Waals surface area contributed by atoms with E-state index in [4.69, 9.17) is 37.0 Å². The maximum absolute atomic E-state index is 13.0. The number of esters is 4. The molecule has 0 radical (unpaired) electrons. The molecule has 0 spiro atoms. The number of ether oxygens (including phenoxy) is 4. The van der Waals surface area contributed by atoms with Crippen molar-refractivity contribution in [2.45, 2.75) is 337 Å². The predicted octanol–water partition coefficient (Wildman–Crippen LogP) is 18.1. The summed E-state index contributed by atoms with van der Waals surface area (Å²) in [4.78, 5) is 72.3. The maximum Gasteiger partial charge on any atom is 0.472 e. The molecular formula is C66H128O17P2. The van der Waals surface area contributed by atoms with Crippen molar-refractivity contribution >= 4 is 39.5 Å². The Morgan fingerprint density at radius 2 is 0.565 bits per heavy atom. The summed E-state index contributed by atoms with van der Waals surface area (Å²) in [7, 11) is -9.89. The normalized spacial score (nSPS) is 15.0. The van der Waals surface area contributed by atoms with Gasteiger partial charge >= 0.3 is 39.5 Å². The van der Waals surface area contributed by atoms with E-state index in [1.807, 2.05) is 0 Å². The number of carbonyl (C=O) groups excluding carboxylic acids is 4. The van der Waals surface area contributed by atoms with Crippen LogP contribution in [0, 0.1) is 23.7 Å². The first kappa shape index (κ1) is 83.1. The zero-order valence-electron chi connectivity index (χ0n) is 55.2. The fraction of sp³-hybridized carbons (Fsp3) is 0.939. The minimum Gasteiger partial charge on any atom is -0.462 e. The summed E-state index contributed by atoms with van der Waals surface area (Å²) in [6.45, 7) is 14.0. The molecule has 7 atom stereocenters. The summed E-state index contributed by atoms with van der Waals surface area (Å²) in [5, 5.41) is 10.5. The molecule has 0 aliphatic carbocycles. The Morgan fingerprint density at radius 1 is 0.329 bits per heavy atom. The van der Waals surface area contributed by atoms with Crippen LogP contribution in [0.15, 0.2) is 0 Å². The van der Waals surface area contributed by atoms with Gasteiger partial charge in [0.05, 0.1) is 26.4 Å².